The maximum atomic E-state index is 11.7. The van der Waals surface area contributed by atoms with Gasteiger partial charge in [-0.05, 0) is 19.3 Å². The Morgan fingerprint density at radius 3 is 2.00 bits per heavy atom. The number of rotatable bonds is 11. The van der Waals surface area contributed by atoms with Crippen LogP contribution in [0.15, 0.2) is 0 Å². The third-order valence-electron chi connectivity index (χ3n) is 4.59. The second kappa shape index (κ2) is 11.5. The number of carbonyl (C=O) groups excluding carboxylic acids is 1. The average molecular weight is 266 g/mol. The molecule has 0 amide bonds. The van der Waals surface area contributed by atoms with Crippen molar-refractivity contribution >= 4 is 5.78 Å². The SMILES string of the molecule is CCCCCCCCCCCCC1CCCCC1=O. The van der Waals surface area contributed by atoms with Crippen LogP contribution in [0, 0.1) is 5.92 Å². The molecular weight excluding hydrogens is 232 g/mol. The van der Waals surface area contributed by atoms with Crippen LogP contribution in [-0.2, 0) is 4.79 Å². The summed E-state index contributed by atoms with van der Waals surface area (Å²) in [7, 11) is 0. The van der Waals surface area contributed by atoms with E-state index in [9.17, 15) is 4.79 Å². The molecule has 0 radical (unpaired) electrons. The van der Waals surface area contributed by atoms with E-state index in [2.05, 4.69) is 6.92 Å². The molecule has 1 atom stereocenters. The van der Waals surface area contributed by atoms with Crippen molar-refractivity contribution in [2.75, 3.05) is 0 Å². The zero-order valence-electron chi connectivity index (χ0n) is 13.1. The lowest BCUT2D eigenvalue weighted by atomic mass is 9.84. The number of ketones is 1. The van der Waals surface area contributed by atoms with E-state index in [0.717, 1.165) is 12.8 Å². The second-order valence-corrected chi connectivity index (χ2v) is 6.38. The molecule has 0 aromatic heterocycles. The van der Waals surface area contributed by atoms with E-state index in [1.807, 2.05) is 0 Å². The van der Waals surface area contributed by atoms with Crippen molar-refractivity contribution in [2.45, 2.75) is 103 Å². The Morgan fingerprint density at radius 2 is 1.42 bits per heavy atom. The number of hydrogen-bond donors (Lipinski definition) is 0. The van der Waals surface area contributed by atoms with E-state index >= 15 is 0 Å². The molecule has 0 spiro atoms. The predicted octanol–water partition coefficient (Wildman–Crippen LogP) is 6.06. The van der Waals surface area contributed by atoms with Crippen molar-refractivity contribution in [1.82, 2.24) is 0 Å². The van der Waals surface area contributed by atoms with Crippen LogP contribution in [0.2, 0.25) is 0 Å². The Hall–Kier alpha value is -0.330. The summed E-state index contributed by atoms with van der Waals surface area (Å²) in [5.74, 6) is 0.991. The monoisotopic (exact) mass is 266 g/mol. The van der Waals surface area contributed by atoms with E-state index in [1.54, 1.807) is 0 Å². The molecule has 1 saturated carbocycles. The first-order chi connectivity index (χ1) is 9.34. The highest BCUT2D eigenvalue weighted by molar-refractivity contribution is 5.81. The molecule has 1 aliphatic rings. The molecule has 1 heteroatoms. The van der Waals surface area contributed by atoms with Gasteiger partial charge in [0.05, 0.1) is 0 Å². The third kappa shape index (κ3) is 8.44. The van der Waals surface area contributed by atoms with Crippen molar-refractivity contribution in [3.8, 4) is 0 Å². The van der Waals surface area contributed by atoms with Crippen molar-refractivity contribution in [3.05, 3.63) is 0 Å². The minimum atomic E-state index is 0.433. The van der Waals surface area contributed by atoms with E-state index in [4.69, 9.17) is 0 Å². The maximum Gasteiger partial charge on any atom is 0.135 e. The van der Waals surface area contributed by atoms with Crippen molar-refractivity contribution < 1.29 is 4.79 Å². The van der Waals surface area contributed by atoms with E-state index in [0.29, 0.717) is 11.7 Å². The molecule has 0 aromatic carbocycles. The molecule has 1 rings (SSSR count). The number of carbonyl (C=O) groups is 1. The van der Waals surface area contributed by atoms with Crippen molar-refractivity contribution in [2.24, 2.45) is 5.92 Å². The Bertz CT molecular complexity index is 222. The lowest BCUT2D eigenvalue weighted by Gasteiger charge is -2.20. The van der Waals surface area contributed by atoms with Gasteiger partial charge in [0.15, 0.2) is 0 Å². The van der Waals surface area contributed by atoms with Gasteiger partial charge in [-0.2, -0.15) is 0 Å². The largest absolute Gasteiger partial charge is 0.299 e. The zero-order valence-corrected chi connectivity index (χ0v) is 13.1. The van der Waals surface area contributed by atoms with Crippen LogP contribution in [0.25, 0.3) is 0 Å². The smallest absolute Gasteiger partial charge is 0.135 e. The van der Waals surface area contributed by atoms with Gasteiger partial charge in [0, 0.05) is 12.3 Å². The van der Waals surface area contributed by atoms with Gasteiger partial charge in [-0.1, -0.05) is 77.6 Å². The summed E-state index contributed by atoms with van der Waals surface area (Å²) in [5.41, 5.74) is 0. The number of Topliss-reactive ketones (excluding diaryl/α,β-unsaturated/α-hetero) is 1. The lowest BCUT2D eigenvalue weighted by molar-refractivity contribution is -0.124. The first-order valence-electron chi connectivity index (χ1n) is 8.87. The Kier molecular flexibility index (Phi) is 10.1. The van der Waals surface area contributed by atoms with Gasteiger partial charge in [-0.25, -0.2) is 0 Å². The van der Waals surface area contributed by atoms with Gasteiger partial charge in [0.1, 0.15) is 5.78 Å². The summed E-state index contributed by atoms with van der Waals surface area (Å²) in [6, 6.07) is 0. The Morgan fingerprint density at radius 1 is 0.842 bits per heavy atom. The van der Waals surface area contributed by atoms with Crippen LogP contribution >= 0.6 is 0 Å². The second-order valence-electron chi connectivity index (χ2n) is 6.38. The first-order valence-corrected chi connectivity index (χ1v) is 8.87. The number of unbranched alkanes of at least 4 members (excludes halogenated alkanes) is 9. The van der Waals surface area contributed by atoms with Gasteiger partial charge in [-0.15, -0.1) is 0 Å². The molecule has 1 fully saturated rings. The van der Waals surface area contributed by atoms with E-state index in [-0.39, 0.29) is 0 Å². The molecule has 1 unspecified atom stereocenters. The molecule has 0 heterocycles. The van der Waals surface area contributed by atoms with Crippen LogP contribution < -0.4 is 0 Å². The maximum absolute atomic E-state index is 11.7. The fraction of sp³-hybridized carbons (Fsp3) is 0.944. The van der Waals surface area contributed by atoms with Crippen molar-refractivity contribution in [1.29, 1.82) is 0 Å². The van der Waals surface area contributed by atoms with Gasteiger partial charge in [-0.3, -0.25) is 4.79 Å². The lowest BCUT2D eigenvalue weighted by Crippen LogP contribution is -2.18. The molecule has 0 N–H and O–H groups in total. The van der Waals surface area contributed by atoms with Crippen LogP contribution in [0.4, 0.5) is 0 Å². The van der Waals surface area contributed by atoms with Gasteiger partial charge in [0.2, 0.25) is 0 Å². The quantitative estimate of drug-likeness (QED) is 0.416. The summed E-state index contributed by atoms with van der Waals surface area (Å²) in [6.45, 7) is 2.27. The highest BCUT2D eigenvalue weighted by Gasteiger charge is 2.20. The molecular formula is C18H34O. The van der Waals surface area contributed by atoms with Crippen LogP contribution in [-0.4, -0.2) is 5.78 Å². The molecule has 0 aliphatic heterocycles. The normalized spacial score (nSPS) is 19.8. The standard InChI is InChI=1S/C18H34O/c1-2-3-4-5-6-7-8-9-10-11-14-17-15-12-13-16-18(17)19/h17H,2-16H2,1H3. The van der Waals surface area contributed by atoms with Gasteiger partial charge < -0.3 is 0 Å². The number of hydrogen-bond acceptors (Lipinski definition) is 1. The Labute approximate surface area is 120 Å². The predicted molar refractivity (Wildman–Crippen MR) is 83.4 cm³/mol. The van der Waals surface area contributed by atoms with Crippen LogP contribution in [0.5, 0.6) is 0 Å². The van der Waals surface area contributed by atoms with Gasteiger partial charge in [0.25, 0.3) is 0 Å². The highest BCUT2D eigenvalue weighted by atomic mass is 16.1. The fourth-order valence-corrected chi connectivity index (χ4v) is 3.24. The van der Waals surface area contributed by atoms with Crippen LogP contribution in [0.3, 0.4) is 0 Å². The topological polar surface area (TPSA) is 17.1 Å². The fourth-order valence-electron chi connectivity index (χ4n) is 3.24. The molecule has 1 aliphatic carbocycles. The molecule has 0 saturated heterocycles. The van der Waals surface area contributed by atoms with Crippen molar-refractivity contribution in [3.63, 3.8) is 0 Å². The first kappa shape index (κ1) is 16.7. The van der Waals surface area contributed by atoms with Gasteiger partial charge >= 0.3 is 0 Å². The minimum absolute atomic E-state index is 0.433. The van der Waals surface area contributed by atoms with E-state index in [1.165, 1.54) is 83.5 Å². The zero-order chi connectivity index (χ0) is 13.8. The average Bonchev–Trinajstić information content (AvgIpc) is 2.43. The van der Waals surface area contributed by atoms with Crippen LogP contribution in [0.1, 0.15) is 103 Å². The molecule has 1 nitrogen and oxygen atoms in total. The molecule has 19 heavy (non-hydrogen) atoms. The molecule has 112 valence electrons. The Balaban J connectivity index is 1.82. The van der Waals surface area contributed by atoms with E-state index < -0.39 is 0 Å². The third-order valence-corrected chi connectivity index (χ3v) is 4.59. The summed E-state index contributed by atoms with van der Waals surface area (Å²) in [5, 5.41) is 0. The summed E-state index contributed by atoms with van der Waals surface area (Å²) in [4.78, 5) is 11.7. The highest BCUT2D eigenvalue weighted by Crippen LogP contribution is 2.25. The summed E-state index contributed by atoms with van der Waals surface area (Å²) < 4.78 is 0. The molecule has 0 bridgehead atoms. The molecule has 0 aromatic rings. The summed E-state index contributed by atoms with van der Waals surface area (Å²) >= 11 is 0. The minimum Gasteiger partial charge on any atom is -0.299 e. The summed E-state index contributed by atoms with van der Waals surface area (Å²) in [6.07, 6.45) is 19.5.